The Morgan fingerprint density at radius 1 is 1.00 bits per heavy atom. The summed E-state index contributed by atoms with van der Waals surface area (Å²) in [7, 11) is 0. The van der Waals surface area contributed by atoms with E-state index in [4.69, 9.17) is 4.74 Å². The molecule has 160 valence electrons. The molecule has 4 rings (SSSR count). The van der Waals surface area contributed by atoms with E-state index in [0.717, 1.165) is 28.0 Å². The van der Waals surface area contributed by atoms with Crippen molar-refractivity contribution in [1.29, 1.82) is 0 Å². The number of carbonyl (C=O) groups is 1. The van der Waals surface area contributed by atoms with Crippen LogP contribution in [-0.2, 0) is 11.3 Å². The van der Waals surface area contributed by atoms with Gasteiger partial charge in [0.05, 0.1) is 18.4 Å². The number of hydrogen-bond donors (Lipinski definition) is 1. The van der Waals surface area contributed by atoms with Crippen molar-refractivity contribution in [3.63, 3.8) is 0 Å². The van der Waals surface area contributed by atoms with Crippen molar-refractivity contribution in [3.8, 4) is 5.75 Å². The average molecular weight is 434 g/mol. The Labute approximate surface area is 187 Å². The van der Waals surface area contributed by atoms with Crippen molar-refractivity contribution in [1.82, 2.24) is 4.90 Å². The maximum Gasteiger partial charge on any atom is 0.232 e. The van der Waals surface area contributed by atoms with Gasteiger partial charge in [-0.3, -0.25) is 4.79 Å². The van der Waals surface area contributed by atoms with Crippen molar-refractivity contribution in [2.45, 2.75) is 18.6 Å². The fourth-order valence-electron chi connectivity index (χ4n) is 4.10. The summed E-state index contributed by atoms with van der Waals surface area (Å²) >= 11 is 1.53. The first-order chi connectivity index (χ1) is 15.2. The molecule has 0 aliphatic carbocycles. The highest BCUT2D eigenvalue weighted by Crippen LogP contribution is 2.38. The van der Waals surface area contributed by atoms with E-state index in [9.17, 15) is 9.90 Å². The van der Waals surface area contributed by atoms with Gasteiger partial charge in [-0.2, -0.15) is 11.8 Å². The van der Waals surface area contributed by atoms with Crippen molar-refractivity contribution >= 4 is 17.7 Å². The SMILES string of the molecule is CSCC(=O)N1CCOc2ccc([C@H](O)C(c3ccccc3)c3ccccc3)cc2C1. The van der Waals surface area contributed by atoms with Gasteiger partial charge in [-0.05, 0) is 35.1 Å². The number of nitrogens with zero attached hydrogens (tertiary/aromatic N) is 1. The zero-order valence-electron chi connectivity index (χ0n) is 17.6. The Balaban J connectivity index is 1.67. The predicted molar refractivity (Wildman–Crippen MR) is 125 cm³/mol. The average Bonchev–Trinajstić information content (AvgIpc) is 3.03. The summed E-state index contributed by atoms with van der Waals surface area (Å²) in [5.41, 5.74) is 3.87. The van der Waals surface area contributed by atoms with E-state index in [1.165, 1.54) is 11.8 Å². The summed E-state index contributed by atoms with van der Waals surface area (Å²) in [6.45, 7) is 1.55. The van der Waals surface area contributed by atoms with Gasteiger partial charge >= 0.3 is 0 Å². The minimum Gasteiger partial charge on any atom is -0.491 e. The zero-order chi connectivity index (χ0) is 21.6. The van der Waals surface area contributed by atoms with E-state index in [1.54, 1.807) is 0 Å². The van der Waals surface area contributed by atoms with Gasteiger partial charge in [0.15, 0.2) is 0 Å². The van der Waals surface area contributed by atoms with Crippen LogP contribution in [0.2, 0.25) is 0 Å². The lowest BCUT2D eigenvalue weighted by atomic mass is 9.83. The van der Waals surface area contributed by atoms with Gasteiger partial charge in [-0.25, -0.2) is 0 Å². The van der Waals surface area contributed by atoms with Gasteiger partial charge in [-0.1, -0.05) is 66.7 Å². The second-order valence-corrected chi connectivity index (χ2v) is 8.57. The number of hydrogen-bond acceptors (Lipinski definition) is 4. The molecule has 1 atom stereocenters. The molecule has 1 aliphatic heterocycles. The van der Waals surface area contributed by atoms with Crippen molar-refractivity contribution < 1.29 is 14.6 Å². The molecule has 1 N–H and O–H groups in total. The van der Waals surface area contributed by atoms with Crippen LogP contribution < -0.4 is 4.74 Å². The molecule has 0 fully saturated rings. The number of thioether (sulfide) groups is 1. The Morgan fingerprint density at radius 2 is 1.65 bits per heavy atom. The number of rotatable bonds is 6. The molecule has 31 heavy (non-hydrogen) atoms. The van der Waals surface area contributed by atoms with Gasteiger partial charge in [-0.15, -0.1) is 0 Å². The number of carbonyl (C=O) groups excluding carboxylic acids is 1. The highest BCUT2D eigenvalue weighted by atomic mass is 32.2. The summed E-state index contributed by atoms with van der Waals surface area (Å²) in [5, 5.41) is 11.5. The van der Waals surface area contributed by atoms with Crippen LogP contribution in [0.4, 0.5) is 0 Å². The molecule has 5 heteroatoms. The molecule has 4 nitrogen and oxygen atoms in total. The molecule has 3 aromatic rings. The van der Waals surface area contributed by atoms with Crippen LogP contribution in [0.3, 0.4) is 0 Å². The fourth-order valence-corrected chi connectivity index (χ4v) is 4.53. The molecule has 1 aliphatic rings. The number of ether oxygens (including phenoxy) is 1. The van der Waals surface area contributed by atoms with E-state index in [2.05, 4.69) is 24.3 Å². The van der Waals surface area contributed by atoms with Gasteiger partial charge in [0.1, 0.15) is 12.4 Å². The monoisotopic (exact) mass is 433 g/mol. The molecule has 0 aromatic heterocycles. The summed E-state index contributed by atoms with van der Waals surface area (Å²) in [4.78, 5) is 14.3. The first-order valence-electron chi connectivity index (χ1n) is 10.5. The van der Waals surface area contributed by atoms with Crippen LogP contribution in [0.5, 0.6) is 5.75 Å². The van der Waals surface area contributed by atoms with Crippen molar-refractivity contribution in [2.24, 2.45) is 0 Å². The highest BCUT2D eigenvalue weighted by Gasteiger charge is 2.26. The Hall–Kier alpha value is -2.76. The van der Waals surface area contributed by atoms with E-state index < -0.39 is 6.10 Å². The third-order valence-electron chi connectivity index (χ3n) is 5.66. The molecule has 0 unspecified atom stereocenters. The quantitative estimate of drug-likeness (QED) is 0.616. The Kier molecular flexibility index (Phi) is 6.95. The van der Waals surface area contributed by atoms with Gasteiger partial charge in [0.25, 0.3) is 0 Å². The molecule has 0 saturated carbocycles. The van der Waals surface area contributed by atoms with E-state index in [-0.39, 0.29) is 11.8 Å². The summed E-state index contributed by atoms with van der Waals surface area (Å²) < 4.78 is 5.89. The zero-order valence-corrected chi connectivity index (χ0v) is 18.4. The normalized spacial score (nSPS) is 14.5. The van der Waals surface area contributed by atoms with E-state index in [1.807, 2.05) is 65.8 Å². The molecule has 0 spiro atoms. The topological polar surface area (TPSA) is 49.8 Å². The lowest BCUT2D eigenvalue weighted by molar-refractivity contribution is -0.129. The van der Waals surface area contributed by atoms with Crippen LogP contribution in [0.25, 0.3) is 0 Å². The summed E-state index contributed by atoms with van der Waals surface area (Å²) in [5.74, 6) is 1.16. The second kappa shape index (κ2) is 10.0. The molecule has 3 aromatic carbocycles. The number of amides is 1. The second-order valence-electron chi connectivity index (χ2n) is 7.71. The van der Waals surface area contributed by atoms with Crippen LogP contribution >= 0.6 is 11.8 Å². The van der Waals surface area contributed by atoms with Crippen molar-refractivity contribution in [2.75, 3.05) is 25.2 Å². The van der Waals surface area contributed by atoms with Crippen LogP contribution in [-0.4, -0.2) is 41.1 Å². The first-order valence-corrected chi connectivity index (χ1v) is 11.9. The third-order valence-corrected chi connectivity index (χ3v) is 6.20. The van der Waals surface area contributed by atoms with Gasteiger partial charge in [0, 0.05) is 18.0 Å². The maximum absolute atomic E-state index is 12.5. The van der Waals surface area contributed by atoms with Crippen molar-refractivity contribution in [3.05, 3.63) is 101 Å². The van der Waals surface area contributed by atoms with Crippen LogP contribution in [0.1, 0.15) is 34.3 Å². The fraction of sp³-hybridized carbons (Fsp3) is 0.269. The van der Waals surface area contributed by atoms with Gasteiger partial charge in [0.2, 0.25) is 5.91 Å². The minimum absolute atomic E-state index is 0.112. The number of benzene rings is 3. The summed E-state index contributed by atoms with van der Waals surface area (Å²) in [6, 6.07) is 26.0. The van der Waals surface area contributed by atoms with Crippen LogP contribution in [0, 0.1) is 0 Å². The Bertz CT molecular complexity index is 970. The molecular weight excluding hydrogens is 406 g/mol. The molecule has 0 bridgehead atoms. The number of aliphatic hydroxyl groups is 1. The molecular formula is C26H27NO3S. The molecule has 1 heterocycles. The van der Waals surface area contributed by atoms with E-state index in [0.29, 0.717) is 25.4 Å². The first kappa shape index (κ1) is 21.5. The Morgan fingerprint density at radius 3 is 2.26 bits per heavy atom. The lowest BCUT2D eigenvalue weighted by Gasteiger charge is -2.25. The predicted octanol–water partition coefficient (Wildman–Crippen LogP) is 4.64. The summed E-state index contributed by atoms with van der Waals surface area (Å²) in [6.07, 6.45) is 1.20. The number of fused-ring (bicyclic) bond motifs is 1. The van der Waals surface area contributed by atoms with Crippen LogP contribution in [0.15, 0.2) is 78.9 Å². The lowest BCUT2D eigenvalue weighted by Crippen LogP contribution is -2.33. The smallest absolute Gasteiger partial charge is 0.232 e. The number of aliphatic hydroxyl groups excluding tert-OH is 1. The van der Waals surface area contributed by atoms with E-state index >= 15 is 0 Å². The maximum atomic E-state index is 12.5. The molecule has 1 amide bonds. The third kappa shape index (κ3) is 4.94. The largest absolute Gasteiger partial charge is 0.491 e. The minimum atomic E-state index is -0.728. The molecule has 0 radical (unpaired) electrons. The molecule has 0 saturated heterocycles. The standard InChI is InChI=1S/C26H27NO3S/c1-31-18-24(28)27-14-15-30-23-13-12-21(16-22(23)17-27)26(29)25(19-8-4-2-5-9-19)20-10-6-3-7-11-20/h2-13,16,25-26,29H,14-15,17-18H2,1H3/t26-/m0/s1. The highest BCUT2D eigenvalue weighted by molar-refractivity contribution is 7.99. The van der Waals surface area contributed by atoms with Gasteiger partial charge < -0.3 is 14.7 Å².